The number of ether oxygens (including phenoxy) is 1. The second-order valence-corrected chi connectivity index (χ2v) is 2.79. The summed E-state index contributed by atoms with van der Waals surface area (Å²) >= 11 is 3.08. The van der Waals surface area contributed by atoms with Crippen molar-refractivity contribution >= 4 is 27.8 Å². The third-order valence-corrected chi connectivity index (χ3v) is 1.96. The summed E-state index contributed by atoms with van der Waals surface area (Å²) in [6.07, 6.45) is 0. The third kappa shape index (κ3) is 2.73. The minimum absolute atomic E-state index is 0.288. The van der Waals surface area contributed by atoms with Crippen LogP contribution in [0, 0.1) is 0 Å². The van der Waals surface area contributed by atoms with E-state index in [-0.39, 0.29) is 5.97 Å². The van der Waals surface area contributed by atoms with Crippen LogP contribution in [0.5, 0.6) is 0 Å². The van der Waals surface area contributed by atoms with E-state index in [1.165, 1.54) is 0 Å². The van der Waals surface area contributed by atoms with Crippen molar-refractivity contribution in [2.45, 2.75) is 6.92 Å². The Kier molecular flexibility index (Phi) is 3.76. The predicted octanol–water partition coefficient (Wildman–Crippen LogP) is 2.59. The van der Waals surface area contributed by atoms with E-state index in [4.69, 9.17) is 4.74 Å². The zero-order valence-corrected chi connectivity index (χ0v) is 8.80. The molecule has 0 amide bonds. The van der Waals surface area contributed by atoms with Crippen LogP contribution in [-0.4, -0.2) is 12.6 Å². The topological polar surface area (TPSA) is 38.3 Å². The molecule has 70 valence electrons. The Morgan fingerprint density at radius 1 is 1.46 bits per heavy atom. The van der Waals surface area contributed by atoms with Gasteiger partial charge in [0.2, 0.25) is 0 Å². The van der Waals surface area contributed by atoms with Crippen molar-refractivity contribution in [1.29, 1.82) is 0 Å². The Labute approximate surface area is 85.4 Å². The maximum Gasteiger partial charge on any atom is 0.338 e. The molecule has 0 aliphatic carbocycles. The van der Waals surface area contributed by atoms with E-state index in [1.54, 1.807) is 31.2 Å². The fraction of sp³-hybridized carbons (Fsp3) is 0.222. The van der Waals surface area contributed by atoms with Gasteiger partial charge in [0, 0.05) is 21.8 Å². The molecule has 0 atom stereocenters. The summed E-state index contributed by atoms with van der Waals surface area (Å²) in [6, 6.07) is 7.01. The Morgan fingerprint density at radius 2 is 2.08 bits per heavy atom. The number of carbonyl (C=O) groups excluding carboxylic acids is 1. The second-order valence-electron chi connectivity index (χ2n) is 2.39. The molecular weight excluding hydrogens is 234 g/mol. The lowest BCUT2D eigenvalue weighted by Gasteiger charge is -2.02. The average Bonchev–Trinajstić information content (AvgIpc) is 2.18. The Hall–Kier alpha value is -1.03. The highest BCUT2D eigenvalue weighted by atomic mass is 79.9. The lowest BCUT2D eigenvalue weighted by atomic mass is 10.2. The molecule has 0 aliphatic heterocycles. The molecule has 13 heavy (non-hydrogen) atoms. The lowest BCUT2D eigenvalue weighted by molar-refractivity contribution is 0.0526. The van der Waals surface area contributed by atoms with Crippen molar-refractivity contribution in [1.82, 2.24) is 0 Å². The van der Waals surface area contributed by atoms with Crippen LogP contribution >= 0.6 is 16.1 Å². The van der Waals surface area contributed by atoms with Gasteiger partial charge in [-0.25, -0.2) is 4.79 Å². The van der Waals surface area contributed by atoms with Crippen LogP contribution in [0.25, 0.3) is 0 Å². The molecular formula is C9H10BrNO2. The molecule has 0 unspecified atom stereocenters. The van der Waals surface area contributed by atoms with Gasteiger partial charge in [-0.05, 0) is 31.2 Å². The van der Waals surface area contributed by atoms with Crippen LogP contribution in [0.4, 0.5) is 5.69 Å². The van der Waals surface area contributed by atoms with Gasteiger partial charge in [-0.3, -0.25) is 0 Å². The van der Waals surface area contributed by atoms with Gasteiger partial charge in [-0.2, -0.15) is 0 Å². The van der Waals surface area contributed by atoms with E-state index in [0.29, 0.717) is 12.2 Å². The molecule has 0 spiro atoms. The molecule has 1 rings (SSSR count). The third-order valence-electron chi connectivity index (χ3n) is 1.51. The molecule has 0 fully saturated rings. The predicted molar refractivity (Wildman–Crippen MR) is 54.9 cm³/mol. The molecule has 0 bridgehead atoms. The van der Waals surface area contributed by atoms with Crippen LogP contribution in [-0.2, 0) is 4.74 Å². The number of hydrogen-bond acceptors (Lipinski definition) is 3. The van der Waals surface area contributed by atoms with Crippen molar-refractivity contribution in [3.8, 4) is 0 Å². The summed E-state index contributed by atoms with van der Waals surface area (Å²) in [5, 5.41) is 0. The molecule has 4 heteroatoms. The first-order chi connectivity index (χ1) is 6.27. The monoisotopic (exact) mass is 243 g/mol. The smallest absolute Gasteiger partial charge is 0.338 e. The summed E-state index contributed by atoms with van der Waals surface area (Å²) in [5.74, 6) is -0.288. The first-order valence-electron chi connectivity index (χ1n) is 3.91. The van der Waals surface area contributed by atoms with Gasteiger partial charge in [-0.1, -0.05) is 0 Å². The molecule has 1 N–H and O–H groups in total. The van der Waals surface area contributed by atoms with Gasteiger partial charge >= 0.3 is 5.97 Å². The maximum absolute atomic E-state index is 11.2. The summed E-state index contributed by atoms with van der Waals surface area (Å²) in [6.45, 7) is 2.18. The number of halogens is 1. The zero-order valence-electron chi connectivity index (χ0n) is 7.21. The van der Waals surface area contributed by atoms with E-state index in [9.17, 15) is 4.79 Å². The number of hydrogen-bond donors (Lipinski definition) is 1. The van der Waals surface area contributed by atoms with Crippen LogP contribution in [0.2, 0.25) is 0 Å². The van der Waals surface area contributed by atoms with Crippen LogP contribution in [0.1, 0.15) is 17.3 Å². The average molecular weight is 244 g/mol. The minimum Gasteiger partial charge on any atom is -0.462 e. The van der Waals surface area contributed by atoms with E-state index in [1.807, 2.05) is 0 Å². The molecule has 0 heterocycles. The van der Waals surface area contributed by atoms with Gasteiger partial charge in [-0.15, -0.1) is 0 Å². The summed E-state index contributed by atoms with van der Waals surface area (Å²) in [7, 11) is 0. The van der Waals surface area contributed by atoms with Gasteiger partial charge in [0.15, 0.2) is 0 Å². The number of nitrogens with one attached hydrogen (secondary N) is 1. The summed E-state index contributed by atoms with van der Waals surface area (Å²) < 4.78 is 7.62. The Balaban J connectivity index is 2.74. The van der Waals surface area contributed by atoms with E-state index in [2.05, 4.69) is 20.5 Å². The van der Waals surface area contributed by atoms with E-state index in [0.717, 1.165) is 5.69 Å². The van der Waals surface area contributed by atoms with E-state index >= 15 is 0 Å². The first kappa shape index (κ1) is 10.1. The van der Waals surface area contributed by atoms with Gasteiger partial charge < -0.3 is 9.08 Å². The highest BCUT2D eigenvalue weighted by molar-refractivity contribution is 9.10. The van der Waals surface area contributed by atoms with Crippen LogP contribution in [0.3, 0.4) is 0 Å². The Morgan fingerprint density at radius 3 is 2.54 bits per heavy atom. The number of benzene rings is 1. The summed E-state index contributed by atoms with van der Waals surface area (Å²) in [5.41, 5.74) is 1.46. The lowest BCUT2D eigenvalue weighted by Crippen LogP contribution is -2.03. The summed E-state index contributed by atoms with van der Waals surface area (Å²) in [4.78, 5) is 11.2. The van der Waals surface area contributed by atoms with Gasteiger partial charge in [0.1, 0.15) is 0 Å². The highest BCUT2D eigenvalue weighted by Gasteiger charge is 2.04. The van der Waals surface area contributed by atoms with E-state index < -0.39 is 0 Å². The molecule has 1 aromatic rings. The van der Waals surface area contributed by atoms with Gasteiger partial charge in [0.25, 0.3) is 0 Å². The van der Waals surface area contributed by atoms with Crippen molar-refractivity contribution in [2.75, 3.05) is 10.9 Å². The SMILES string of the molecule is CCOC(=O)c1ccc(NBr)cc1. The molecule has 0 radical (unpaired) electrons. The number of anilines is 1. The van der Waals surface area contributed by atoms with Crippen LogP contribution in [0.15, 0.2) is 24.3 Å². The molecule has 0 aromatic heterocycles. The van der Waals surface area contributed by atoms with Crippen molar-refractivity contribution in [2.24, 2.45) is 0 Å². The molecule has 0 saturated heterocycles. The minimum atomic E-state index is -0.288. The fourth-order valence-corrected chi connectivity index (χ4v) is 1.15. The zero-order chi connectivity index (χ0) is 9.68. The Bertz CT molecular complexity index is 284. The van der Waals surface area contributed by atoms with Gasteiger partial charge in [0.05, 0.1) is 12.2 Å². The quantitative estimate of drug-likeness (QED) is 0.656. The number of esters is 1. The fourth-order valence-electron chi connectivity index (χ4n) is 0.884. The molecule has 0 aliphatic rings. The number of carbonyl (C=O) groups is 1. The molecule has 3 nitrogen and oxygen atoms in total. The molecule has 0 saturated carbocycles. The van der Waals surface area contributed by atoms with Crippen molar-refractivity contribution in [3.63, 3.8) is 0 Å². The normalized spacial score (nSPS) is 9.38. The van der Waals surface area contributed by atoms with Crippen molar-refractivity contribution < 1.29 is 9.53 Å². The van der Waals surface area contributed by atoms with Crippen molar-refractivity contribution in [3.05, 3.63) is 29.8 Å². The highest BCUT2D eigenvalue weighted by Crippen LogP contribution is 2.11. The first-order valence-corrected chi connectivity index (χ1v) is 4.71. The standard InChI is InChI=1S/C9H10BrNO2/c1-2-13-9(12)7-3-5-8(11-10)6-4-7/h3-6,11H,2H2,1H3. The van der Waals surface area contributed by atoms with Crippen LogP contribution < -0.4 is 4.34 Å². The second kappa shape index (κ2) is 4.87. The largest absolute Gasteiger partial charge is 0.462 e. The number of rotatable bonds is 3. The molecule has 1 aromatic carbocycles. The maximum atomic E-state index is 11.2.